The predicted octanol–water partition coefficient (Wildman–Crippen LogP) is 2.52. The Labute approximate surface area is 140 Å². The molecule has 0 amide bonds. The SMILES string of the molecule is CC[C@H](O)CCc1ccc(-n2cnc3c(N)ncnc32)cc1.Cl. The van der Waals surface area contributed by atoms with E-state index in [1.54, 1.807) is 6.33 Å². The Hall–Kier alpha value is -2.18. The molecule has 3 N–H and O–H groups in total. The summed E-state index contributed by atoms with van der Waals surface area (Å²) in [5, 5.41) is 9.63. The van der Waals surface area contributed by atoms with Gasteiger partial charge in [-0.2, -0.15) is 0 Å². The molecule has 1 atom stereocenters. The number of aliphatic hydroxyl groups excluding tert-OH is 1. The van der Waals surface area contributed by atoms with Gasteiger partial charge in [0.25, 0.3) is 0 Å². The van der Waals surface area contributed by atoms with E-state index in [-0.39, 0.29) is 18.5 Å². The van der Waals surface area contributed by atoms with Crippen molar-refractivity contribution in [2.45, 2.75) is 32.3 Å². The monoisotopic (exact) mass is 333 g/mol. The number of hydrogen-bond donors (Lipinski definition) is 2. The molecule has 122 valence electrons. The molecule has 0 aliphatic rings. The highest BCUT2D eigenvalue weighted by molar-refractivity contribution is 5.85. The molecule has 0 unspecified atom stereocenters. The summed E-state index contributed by atoms with van der Waals surface area (Å²) < 4.78 is 1.89. The number of nitrogen functional groups attached to an aromatic ring is 1. The first-order chi connectivity index (χ1) is 10.7. The van der Waals surface area contributed by atoms with E-state index < -0.39 is 0 Å². The summed E-state index contributed by atoms with van der Waals surface area (Å²) in [5.41, 5.74) is 9.28. The minimum Gasteiger partial charge on any atom is -0.393 e. The van der Waals surface area contributed by atoms with Crippen LogP contribution in [-0.2, 0) is 6.42 Å². The molecular weight excluding hydrogens is 314 g/mol. The molecule has 3 aromatic rings. The van der Waals surface area contributed by atoms with E-state index in [2.05, 4.69) is 27.1 Å². The van der Waals surface area contributed by atoms with Crippen molar-refractivity contribution in [2.75, 3.05) is 5.73 Å². The van der Waals surface area contributed by atoms with E-state index in [9.17, 15) is 5.11 Å². The topological polar surface area (TPSA) is 89.8 Å². The molecule has 0 aliphatic carbocycles. The highest BCUT2D eigenvalue weighted by Crippen LogP contribution is 2.19. The van der Waals surface area contributed by atoms with Crippen LogP contribution in [0.3, 0.4) is 0 Å². The number of nitrogens with zero attached hydrogens (tertiary/aromatic N) is 4. The Kier molecular flexibility index (Phi) is 5.52. The van der Waals surface area contributed by atoms with Crippen LogP contribution in [0, 0.1) is 0 Å². The second-order valence-electron chi connectivity index (χ2n) is 5.31. The van der Waals surface area contributed by atoms with Crippen molar-refractivity contribution in [3.63, 3.8) is 0 Å². The zero-order valence-corrected chi connectivity index (χ0v) is 13.7. The predicted molar refractivity (Wildman–Crippen MR) is 92.9 cm³/mol. The maximum Gasteiger partial charge on any atom is 0.170 e. The fraction of sp³-hybridized carbons (Fsp3) is 0.312. The summed E-state index contributed by atoms with van der Waals surface area (Å²) in [6.45, 7) is 1.99. The maximum absolute atomic E-state index is 9.63. The summed E-state index contributed by atoms with van der Waals surface area (Å²) in [4.78, 5) is 12.5. The quantitative estimate of drug-likeness (QED) is 0.748. The third kappa shape index (κ3) is 3.60. The lowest BCUT2D eigenvalue weighted by Gasteiger charge is -2.08. The number of aliphatic hydroxyl groups is 1. The molecule has 3 rings (SSSR count). The Bertz CT molecular complexity index is 772. The number of hydrogen-bond acceptors (Lipinski definition) is 5. The van der Waals surface area contributed by atoms with Gasteiger partial charge in [0.05, 0.1) is 6.10 Å². The van der Waals surface area contributed by atoms with E-state index in [1.165, 1.54) is 11.9 Å². The van der Waals surface area contributed by atoms with Gasteiger partial charge in [-0.1, -0.05) is 19.1 Å². The van der Waals surface area contributed by atoms with Gasteiger partial charge < -0.3 is 10.8 Å². The molecule has 0 saturated heterocycles. The smallest absolute Gasteiger partial charge is 0.170 e. The fourth-order valence-corrected chi connectivity index (χ4v) is 2.40. The van der Waals surface area contributed by atoms with Gasteiger partial charge in [-0.25, -0.2) is 15.0 Å². The fourth-order valence-electron chi connectivity index (χ4n) is 2.40. The normalized spacial score (nSPS) is 12.1. The first-order valence-corrected chi connectivity index (χ1v) is 7.40. The van der Waals surface area contributed by atoms with E-state index in [1.807, 2.05) is 23.6 Å². The molecule has 0 saturated carbocycles. The molecule has 1 aromatic carbocycles. The lowest BCUT2D eigenvalue weighted by Crippen LogP contribution is -2.05. The van der Waals surface area contributed by atoms with Gasteiger partial charge in [-0.05, 0) is 37.0 Å². The molecule has 0 radical (unpaired) electrons. The third-order valence-corrected chi connectivity index (χ3v) is 3.81. The molecule has 0 aliphatic heterocycles. The average Bonchev–Trinajstić information content (AvgIpc) is 2.98. The van der Waals surface area contributed by atoms with Crippen LogP contribution in [0.5, 0.6) is 0 Å². The standard InChI is InChI=1S/C16H19N5O.ClH/c1-2-13(22)8-5-11-3-6-12(7-4-11)21-10-20-14-15(17)18-9-19-16(14)21;/h3-4,6-7,9-10,13,22H,2,5,8H2,1H3,(H2,17,18,19);1H/t13-;/m0./s1. The lowest BCUT2D eigenvalue weighted by atomic mass is 10.1. The molecular formula is C16H20ClN5O. The van der Waals surface area contributed by atoms with Gasteiger partial charge >= 0.3 is 0 Å². The van der Waals surface area contributed by atoms with Crippen molar-refractivity contribution >= 4 is 29.4 Å². The van der Waals surface area contributed by atoms with Crippen LogP contribution < -0.4 is 5.73 Å². The Morgan fingerprint density at radius 1 is 1.17 bits per heavy atom. The number of anilines is 1. The van der Waals surface area contributed by atoms with Gasteiger partial charge in [0.1, 0.15) is 12.7 Å². The summed E-state index contributed by atoms with van der Waals surface area (Å²) in [6, 6.07) is 8.17. The zero-order valence-electron chi connectivity index (χ0n) is 12.9. The first-order valence-electron chi connectivity index (χ1n) is 7.40. The van der Waals surface area contributed by atoms with Gasteiger partial charge in [-0.3, -0.25) is 4.57 Å². The molecule has 7 heteroatoms. The van der Waals surface area contributed by atoms with Gasteiger partial charge in [-0.15, -0.1) is 12.4 Å². The number of rotatable bonds is 5. The minimum absolute atomic E-state index is 0. The summed E-state index contributed by atoms with van der Waals surface area (Å²) in [5.74, 6) is 0.383. The Balaban J connectivity index is 0.00000192. The molecule has 2 aromatic heterocycles. The van der Waals surface area contributed by atoms with Crippen molar-refractivity contribution in [3.05, 3.63) is 42.5 Å². The number of aryl methyl sites for hydroxylation is 1. The van der Waals surface area contributed by atoms with E-state index in [4.69, 9.17) is 5.73 Å². The van der Waals surface area contributed by atoms with Crippen molar-refractivity contribution in [2.24, 2.45) is 0 Å². The highest BCUT2D eigenvalue weighted by atomic mass is 35.5. The molecule has 2 heterocycles. The molecule has 23 heavy (non-hydrogen) atoms. The van der Waals surface area contributed by atoms with Gasteiger partial charge in [0, 0.05) is 5.69 Å². The minimum atomic E-state index is -0.225. The van der Waals surface area contributed by atoms with Crippen LogP contribution in [0.15, 0.2) is 36.9 Å². The van der Waals surface area contributed by atoms with Crippen molar-refractivity contribution in [1.82, 2.24) is 19.5 Å². The zero-order chi connectivity index (χ0) is 15.5. The van der Waals surface area contributed by atoms with Gasteiger partial charge in [0.15, 0.2) is 17.0 Å². The number of halogens is 1. The first kappa shape index (κ1) is 17.2. The van der Waals surface area contributed by atoms with E-state index in [0.717, 1.165) is 24.9 Å². The maximum atomic E-state index is 9.63. The molecule has 6 nitrogen and oxygen atoms in total. The van der Waals surface area contributed by atoms with E-state index >= 15 is 0 Å². The number of aromatic nitrogens is 4. The highest BCUT2D eigenvalue weighted by Gasteiger charge is 2.09. The molecule has 0 fully saturated rings. The number of benzene rings is 1. The van der Waals surface area contributed by atoms with Crippen molar-refractivity contribution in [3.8, 4) is 5.69 Å². The van der Waals surface area contributed by atoms with Crippen LogP contribution in [0.4, 0.5) is 5.82 Å². The lowest BCUT2D eigenvalue weighted by molar-refractivity contribution is 0.160. The van der Waals surface area contributed by atoms with E-state index in [0.29, 0.717) is 17.0 Å². The number of imidazole rings is 1. The van der Waals surface area contributed by atoms with Crippen LogP contribution in [0.25, 0.3) is 16.9 Å². The van der Waals surface area contributed by atoms with Gasteiger partial charge in [0.2, 0.25) is 0 Å². The second-order valence-corrected chi connectivity index (χ2v) is 5.31. The number of nitrogens with two attached hydrogens (primary N) is 1. The molecule has 0 spiro atoms. The molecule has 0 bridgehead atoms. The third-order valence-electron chi connectivity index (χ3n) is 3.81. The Morgan fingerprint density at radius 2 is 1.91 bits per heavy atom. The summed E-state index contributed by atoms with van der Waals surface area (Å²) in [6.07, 6.45) is 5.36. The van der Waals surface area contributed by atoms with Crippen molar-refractivity contribution in [1.29, 1.82) is 0 Å². The van der Waals surface area contributed by atoms with Crippen molar-refractivity contribution < 1.29 is 5.11 Å². The second kappa shape index (κ2) is 7.39. The number of fused-ring (bicyclic) bond motifs is 1. The largest absolute Gasteiger partial charge is 0.393 e. The van der Waals surface area contributed by atoms with Crippen LogP contribution in [0.1, 0.15) is 25.3 Å². The van der Waals surface area contributed by atoms with Crippen LogP contribution in [0.2, 0.25) is 0 Å². The Morgan fingerprint density at radius 3 is 2.61 bits per heavy atom. The summed E-state index contributed by atoms with van der Waals surface area (Å²) in [7, 11) is 0. The average molecular weight is 334 g/mol. The van der Waals surface area contributed by atoms with Crippen LogP contribution >= 0.6 is 12.4 Å². The van der Waals surface area contributed by atoms with Crippen LogP contribution in [-0.4, -0.2) is 30.7 Å². The summed E-state index contributed by atoms with van der Waals surface area (Å²) >= 11 is 0.